The van der Waals surface area contributed by atoms with Crippen LogP contribution in [0.15, 0.2) is 24.3 Å². The van der Waals surface area contributed by atoms with Gasteiger partial charge in [0.15, 0.2) is 0 Å². The number of para-hydroxylation sites is 1. The third-order valence-electron chi connectivity index (χ3n) is 2.70. The van der Waals surface area contributed by atoms with Crippen molar-refractivity contribution in [1.82, 2.24) is 4.72 Å². The molecule has 4 nitrogen and oxygen atoms in total. The minimum atomic E-state index is -3.16. The summed E-state index contributed by atoms with van der Waals surface area (Å²) in [6.45, 7) is 2.26. The third-order valence-corrected chi connectivity index (χ3v) is 4.34. The summed E-state index contributed by atoms with van der Waals surface area (Å²) in [4.78, 5) is 0. The standard InChI is InChI=1S/C12H17NO3S/c1-2-7-17(14,15)13-11-8-10-5-3-4-6-12(10)16-9-11/h3-6,11,13H,2,7-9H2,1H3/t11-/m0/s1. The second-order valence-corrected chi connectivity index (χ2v) is 6.13. The normalized spacial score (nSPS) is 19.5. The summed E-state index contributed by atoms with van der Waals surface area (Å²) >= 11 is 0. The molecule has 1 aromatic rings. The van der Waals surface area contributed by atoms with E-state index >= 15 is 0 Å². The minimum absolute atomic E-state index is 0.151. The molecule has 0 saturated carbocycles. The van der Waals surface area contributed by atoms with E-state index in [9.17, 15) is 8.42 Å². The summed E-state index contributed by atoms with van der Waals surface area (Å²) in [5.74, 6) is 1.03. The first-order valence-corrected chi connectivity index (χ1v) is 7.46. The van der Waals surface area contributed by atoms with Gasteiger partial charge in [0.25, 0.3) is 0 Å². The second kappa shape index (κ2) is 5.06. The van der Waals surface area contributed by atoms with Crippen LogP contribution in [0.5, 0.6) is 5.75 Å². The van der Waals surface area contributed by atoms with E-state index in [0.29, 0.717) is 19.4 Å². The van der Waals surface area contributed by atoms with Crippen LogP contribution in [0.4, 0.5) is 0 Å². The first-order valence-electron chi connectivity index (χ1n) is 5.81. The van der Waals surface area contributed by atoms with Gasteiger partial charge >= 0.3 is 0 Å². The molecule has 0 bridgehead atoms. The van der Waals surface area contributed by atoms with Crippen LogP contribution in [0, 0.1) is 0 Å². The quantitative estimate of drug-likeness (QED) is 0.883. The molecule has 5 heteroatoms. The van der Waals surface area contributed by atoms with Crippen LogP contribution in [0.1, 0.15) is 18.9 Å². The van der Waals surface area contributed by atoms with Gasteiger partial charge in [0.05, 0.1) is 11.8 Å². The SMILES string of the molecule is CCCS(=O)(=O)N[C@@H]1COc2ccccc2C1. The van der Waals surface area contributed by atoms with Gasteiger partial charge in [-0.15, -0.1) is 0 Å². The van der Waals surface area contributed by atoms with Crippen LogP contribution in [0.2, 0.25) is 0 Å². The minimum Gasteiger partial charge on any atom is -0.492 e. The molecule has 0 aliphatic carbocycles. The van der Waals surface area contributed by atoms with Crippen molar-refractivity contribution in [3.8, 4) is 5.75 Å². The van der Waals surface area contributed by atoms with E-state index in [2.05, 4.69) is 4.72 Å². The Hall–Kier alpha value is -1.07. The molecule has 0 saturated heterocycles. The Balaban J connectivity index is 2.04. The van der Waals surface area contributed by atoms with E-state index < -0.39 is 10.0 Å². The molecule has 0 amide bonds. The summed E-state index contributed by atoms with van der Waals surface area (Å²) in [6, 6.07) is 7.58. The maximum absolute atomic E-state index is 11.6. The molecule has 94 valence electrons. The third kappa shape index (κ3) is 3.20. The molecule has 0 fully saturated rings. The summed E-state index contributed by atoms with van der Waals surface area (Å²) in [5, 5.41) is 0. The lowest BCUT2D eigenvalue weighted by Crippen LogP contribution is -2.43. The molecule has 1 aromatic carbocycles. The average Bonchev–Trinajstić information content (AvgIpc) is 2.28. The van der Waals surface area contributed by atoms with Crippen molar-refractivity contribution in [1.29, 1.82) is 0 Å². The number of fused-ring (bicyclic) bond motifs is 1. The van der Waals surface area contributed by atoms with Gasteiger partial charge in [-0.3, -0.25) is 0 Å². The molecule has 0 unspecified atom stereocenters. The highest BCUT2D eigenvalue weighted by Crippen LogP contribution is 2.24. The first kappa shape index (κ1) is 12.4. The number of sulfonamides is 1. The van der Waals surface area contributed by atoms with Crippen LogP contribution in [-0.2, 0) is 16.4 Å². The van der Waals surface area contributed by atoms with Gasteiger partial charge in [0, 0.05) is 0 Å². The lowest BCUT2D eigenvalue weighted by molar-refractivity contribution is 0.254. The Morgan fingerprint density at radius 1 is 1.41 bits per heavy atom. The molecular formula is C12H17NO3S. The molecule has 1 aliphatic rings. The summed E-state index contributed by atoms with van der Waals surface area (Å²) in [5.41, 5.74) is 1.06. The van der Waals surface area contributed by atoms with Crippen molar-refractivity contribution >= 4 is 10.0 Å². The zero-order chi connectivity index (χ0) is 12.3. The summed E-state index contributed by atoms with van der Waals surface area (Å²) < 4.78 is 31.5. The molecule has 17 heavy (non-hydrogen) atoms. The van der Waals surface area contributed by atoms with Crippen molar-refractivity contribution in [2.45, 2.75) is 25.8 Å². The van der Waals surface area contributed by atoms with Crippen molar-refractivity contribution in [2.75, 3.05) is 12.4 Å². The molecule has 0 spiro atoms. The van der Waals surface area contributed by atoms with E-state index in [1.165, 1.54) is 0 Å². The van der Waals surface area contributed by atoms with Crippen LogP contribution in [0.25, 0.3) is 0 Å². The van der Waals surface area contributed by atoms with Crippen LogP contribution in [-0.4, -0.2) is 26.8 Å². The predicted molar refractivity (Wildman–Crippen MR) is 66.6 cm³/mol. The Morgan fingerprint density at radius 3 is 2.94 bits per heavy atom. The van der Waals surface area contributed by atoms with Gasteiger partial charge in [0.2, 0.25) is 10.0 Å². The van der Waals surface area contributed by atoms with Gasteiger partial charge in [-0.25, -0.2) is 13.1 Å². The van der Waals surface area contributed by atoms with Gasteiger partial charge in [-0.05, 0) is 24.5 Å². The van der Waals surface area contributed by atoms with E-state index in [4.69, 9.17) is 4.74 Å². The fourth-order valence-electron chi connectivity index (χ4n) is 1.99. The highest BCUT2D eigenvalue weighted by Gasteiger charge is 2.23. The highest BCUT2D eigenvalue weighted by molar-refractivity contribution is 7.89. The average molecular weight is 255 g/mol. The van der Waals surface area contributed by atoms with Crippen LogP contribution < -0.4 is 9.46 Å². The van der Waals surface area contributed by atoms with Crippen molar-refractivity contribution in [3.05, 3.63) is 29.8 Å². The Labute approximate surface area is 102 Å². The maximum atomic E-state index is 11.6. The summed E-state index contributed by atoms with van der Waals surface area (Å²) in [7, 11) is -3.16. The Bertz CT molecular complexity index is 484. The smallest absolute Gasteiger partial charge is 0.211 e. The molecule has 0 aromatic heterocycles. The number of nitrogens with one attached hydrogen (secondary N) is 1. The van der Waals surface area contributed by atoms with E-state index in [-0.39, 0.29) is 11.8 Å². The zero-order valence-corrected chi connectivity index (χ0v) is 10.7. The second-order valence-electron chi connectivity index (χ2n) is 4.26. The molecule has 1 N–H and O–H groups in total. The lowest BCUT2D eigenvalue weighted by Gasteiger charge is -2.25. The zero-order valence-electron chi connectivity index (χ0n) is 9.85. The number of hydrogen-bond acceptors (Lipinski definition) is 3. The number of ether oxygens (including phenoxy) is 1. The molecule has 1 heterocycles. The molecule has 1 aliphatic heterocycles. The molecule has 0 radical (unpaired) electrons. The number of hydrogen-bond donors (Lipinski definition) is 1. The predicted octanol–water partition coefficient (Wildman–Crippen LogP) is 1.32. The fourth-order valence-corrected chi connectivity index (χ4v) is 3.30. The van der Waals surface area contributed by atoms with Gasteiger partial charge < -0.3 is 4.74 Å². The van der Waals surface area contributed by atoms with Crippen LogP contribution in [0.3, 0.4) is 0 Å². The fraction of sp³-hybridized carbons (Fsp3) is 0.500. The largest absolute Gasteiger partial charge is 0.492 e. The Kier molecular flexibility index (Phi) is 3.69. The van der Waals surface area contributed by atoms with E-state index in [1.54, 1.807) is 0 Å². The molecule has 2 rings (SSSR count). The van der Waals surface area contributed by atoms with Crippen molar-refractivity contribution < 1.29 is 13.2 Å². The van der Waals surface area contributed by atoms with Crippen molar-refractivity contribution in [2.24, 2.45) is 0 Å². The lowest BCUT2D eigenvalue weighted by atomic mass is 10.0. The monoisotopic (exact) mass is 255 g/mol. The van der Waals surface area contributed by atoms with E-state index in [0.717, 1.165) is 11.3 Å². The van der Waals surface area contributed by atoms with E-state index in [1.807, 2.05) is 31.2 Å². The van der Waals surface area contributed by atoms with Gasteiger partial charge in [0.1, 0.15) is 12.4 Å². The van der Waals surface area contributed by atoms with Gasteiger partial charge in [-0.2, -0.15) is 0 Å². The number of rotatable bonds is 4. The topological polar surface area (TPSA) is 55.4 Å². The first-order chi connectivity index (χ1) is 8.11. The maximum Gasteiger partial charge on any atom is 0.211 e. The number of benzene rings is 1. The highest BCUT2D eigenvalue weighted by atomic mass is 32.2. The summed E-state index contributed by atoms with van der Waals surface area (Å²) in [6.07, 6.45) is 1.32. The molecular weight excluding hydrogens is 238 g/mol. The molecule has 1 atom stereocenters. The Morgan fingerprint density at radius 2 is 2.18 bits per heavy atom. The van der Waals surface area contributed by atoms with Crippen LogP contribution >= 0.6 is 0 Å². The van der Waals surface area contributed by atoms with Gasteiger partial charge in [-0.1, -0.05) is 25.1 Å². The van der Waals surface area contributed by atoms with Crippen molar-refractivity contribution in [3.63, 3.8) is 0 Å².